The third-order valence-corrected chi connectivity index (χ3v) is 3.34. The predicted octanol–water partition coefficient (Wildman–Crippen LogP) is 0.00930. The number of carbonyl (C=O) groups is 2. The van der Waals surface area contributed by atoms with E-state index in [4.69, 9.17) is 14.3 Å². The number of furan rings is 1. The van der Waals surface area contributed by atoms with Gasteiger partial charge < -0.3 is 14.3 Å². The fraction of sp³-hybridized carbons (Fsp3) is 0.571. The highest BCUT2D eigenvalue weighted by atomic mass is 16.5. The van der Waals surface area contributed by atoms with E-state index in [0.29, 0.717) is 6.61 Å². The van der Waals surface area contributed by atoms with Crippen LogP contribution in [0.25, 0.3) is 0 Å². The SMILES string of the molecule is O=C(CN1CCC(OCCO)CC1)NC(=O)c1ccco1. The first kappa shape index (κ1) is 15.7. The molecule has 1 fully saturated rings. The lowest BCUT2D eigenvalue weighted by molar-refractivity contribution is -0.122. The van der Waals surface area contributed by atoms with Gasteiger partial charge in [-0.05, 0) is 25.0 Å². The number of aliphatic hydroxyl groups excluding tert-OH is 1. The van der Waals surface area contributed by atoms with Crippen LogP contribution in [0.4, 0.5) is 0 Å². The highest BCUT2D eigenvalue weighted by Gasteiger charge is 2.22. The van der Waals surface area contributed by atoms with Crippen molar-refractivity contribution in [3.8, 4) is 0 Å². The molecule has 0 radical (unpaired) electrons. The Morgan fingerprint density at radius 3 is 2.81 bits per heavy atom. The van der Waals surface area contributed by atoms with E-state index in [-0.39, 0.29) is 30.9 Å². The summed E-state index contributed by atoms with van der Waals surface area (Å²) in [5.41, 5.74) is 0. The zero-order chi connectivity index (χ0) is 15.1. The molecule has 1 aliphatic heterocycles. The summed E-state index contributed by atoms with van der Waals surface area (Å²) in [6, 6.07) is 3.10. The molecule has 1 aromatic rings. The first-order valence-corrected chi connectivity index (χ1v) is 7.01. The van der Waals surface area contributed by atoms with Gasteiger partial charge in [0.1, 0.15) is 0 Å². The lowest BCUT2D eigenvalue weighted by Crippen LogP contribution is -2.44. The van der Waals surface area contributed by atoms with Gasteiger partial charge in [0.25, 0.3) is 5.91 Å². The molecule has 0 aliphatic carbocycles. The number of nitrogens with one attached hydrogen (secondary N) is 1. The molecular formula is C14H20N2O5. The molecule has 0 saturated carbocycles. The van der Waals surface area contributed by atoms with Crippen molar-refractivity contribution in [2.45, 2.75) is 18.9 Å². The second kappa shape index (κ2) is 7.92. The monoisotopic (exact) mass is 296 g/mol. The molecule has 21 heavy (non-hydrogen) atoms. The fourth-order valence-corrected chi connectivity index (χ4v) is 2.29. The van der Waals surface area contributed by atoms with Crippen molar-refractivity contribution in [1.29, 1.82) is 0 Å². The van der Waals surface area contributed by atoms with Crippen molar-refractivity contribution in [3.63, 3.8) is 0 Å². The predicted molar refractivity (Wildman–Crippen MR) is 73.7 cm³/mol. The number of piperidine rings is 1. The maximum absolute atomic E-state index is 11.8. The molecule has 1 aliphatic rings. The Bertz CT molecular complexity index is 452. The molecule has 2 amide bonds. The van der Waals surface area contributed by atoms with Gasteiger partial charge in [-0.2, -0.15) is 0 Å². The highest BCUT2D eigenvalue weighted by molar-refractivity contribution is 6.03. The minimum atomic E-state index is -0.522. The molecule has 0 spiro atoms. The Morgan fingerprint density at radius 2 is 2.19 bits per heavy atom. The average molecular weight is 296 g/mol. The van der Waals surface area contributed by atoms with Crippen LogP contribution in [0.15, 0.2) is 22.8 Å². The molecule has 2 N–H and O–H groups in total. The van der Waals surface area contributed by atoms with Crippen molar-refractivity contribution in [1.82, 2.24) is 10.2 Å². The second-order valence-electron chi connectivity index (χ2n) is 4.92. The number of imide groups is 1. The van der Waals surface area contributed by atoms with E-state index in [1.807, 2.05) is 4.90 Å². The van der Waals surface area contributed by atoms with Crippen molar-refractivity contribution >= 4 is 11.8 Å². The number of hydrogen-bond donors (Lipinski definition) is 2. The molecule has 7 heteroatoms. The minimum Gasteiger partial charge on any atom is -0.459 e. The number of ether oxygens (including phenoxy) is 1. The summed E-state index contributed by atoms with van der Waals surface area (Å²) in [7, 11) is 0. The maximum atomic E-state index is 11.8. The highest BCUT2D eigenvalue weighted by Crippen LogP contribution is 2.13. The summed E-state index contributed by atoms with van der Waals surface area (Å²) in [4.78, 5) is 25.4. The summed E-state index contributed by atoms with van der Waals surface area (Å²) in [6.45, 7) is 2.02. The Kier molecular flexibility index (Phi) is 5.91. The van der Waals surface area contributed by atoms with Gasteiger partial charge in [-0.25, -0.2) is 0 Å². The smallest absolute Gasteiger partial charge is 0.293 e. The van der Waals surface area contributed by atoms with E-state index >= 15 is 0 Å². The lowest BCUT2D eigenvalue weighted by Gasteiger charge is -2.31. The van der Waals surface area contributed by atoms with E-state index in [1.54, 1.807) is 6.07 Å². The van der Waals surface area contributed by atoms with Gasteiger partial charge in [0.15, 0.2) is 5.76 Å². The Balaban J connectivity index is 1.68. The Morgan fingerprint density at radius 1 is 1.43 bits per heavy atom. The van der Waals surface area contributed by atoms with Crippen LogP contribution < -0.4 is 5.32 Å². The van der Waals surface area contributed by atoms with Gasteiger partial charge in [-0.1, -0.05) is 0 Å². The number of amides is 2. The molecule has 1 saturated heterocycles. The van der Waals surface area contributed by atoms with Crippen LogP contribution in [-0.2, 0) is 9.53 Å². The number of nitrogens with zero attached hydrogens (tertiary/aromatic N) is 1. The van der Waals surface area contributed by atoms with E-state index < -0.39 is 5.91 Å². The Labute approximate surface area is 122 Å². The quantitative estimate of drug-likeness (QED) is 0.768. The van der Waals surface area contributed by atoms with E-state index in [9.17, 15) is 9.59 Å². The molecule has 1 aromatic heterocycles. The maximum Gasteiger partial charge on any atom is 0.293 e. The van der Waals surface area contributed by atoms with Crippen LogP contribution in [0.2, 0.25) is 0 Å². The molecule has 0 unspecified atom stereocenters. The molecule has 0 bridgehead atoms. The van der Waals surface area contributed by atoms with Gasteiger partial charge in [0, 0.05) is 13.1 Å². The fourth-order valence-electron chi connectivity index (χ4n) is 2.29. The lowest BCUT2D eigenvalue weighted by atomic mass is 10.1. The molecular weight excluding hydrogens is 276 g/mol. The van der Waals surface area contributed by atoms with Crippen molar-refractivity contribution in [2.24, 2.45) is 0 Å². The van der Waals surface area contributed by atoms with Gasteiger partial charge in [0.2, 0.25) is 5.91 Å². The third kappa shape index (κ3) is 4.96. The Hall–Kier alpha value is -1.70. The second-order valence-corrected chi connectivity index (χ2v) is 4.92. The van der Waals surface area contributed by atoms with Crippen LogP contribution in [0.1, 0.15) is 23.4 Å². The molecule has 116 valence electrons. The number of likely N-dealkylation sites (tertiary alicyclic amines) is 1. The molecule has 0 aromatic carbocycles. The summed E-state index contributed by atoms with van der Waals surface area (Å²) < 4.78 is 10.4. The van der Waals surface area contributed by atoms with Crippen molar-refractivity contribution < 1.29 is 23.8 Å². The topological polar surface area (TPSA) is 92.0 Å². The zero-order valence-corrected chi connectivity index (χ0v) is 11.8. The number of aliphatic hydroxyl groups is 1. The largest absolute Gasteiger partial charge is 0.459 e. The summed E-state index contributed by atoms with van der Waals surface area (Å²) in [5, 5.41) is 11.0. The van der Waals surface area contributed by atoms with E-state index in [1.165, 1.54) is 12.3 Å². The van der Waals surface area contributed by atoms with Crippen LogP contribution in [0.3, 0.4) is 0 Å². The normalized spacial score (nSPS) is 16.8. The molecule has 0 atom stereocenters. The van der Waals surface area contributed by atoms with Crippen LogP contribution in [0, 0.1) is 0 Å². The summed E-state index contributed by atoms with van der Waals surface area (Å²) in [6.07, 6.45) is 3.16. The number of hydrogen-bond acceptors (Lipinski definition) is 6. The average Bonchev–Trinajstić information content (AvgIpc) is 3.01. The van der Waals surface area contributed by atoms with Gasteiger partial charge in [0.05, 0.1) is 32.1 Å². The molecule has 7 nitrogen and oxygen atoms in total. The van der Waals surface area contributed by atoms with Crippen LogP contribution >= 0.6 is 0 Å². The molecule has 2 rings (SSSR count). The van der Waals surface area contributed by atoms with E-state index in [0.717, 1.165) is 25.9 Å². The zero-order valence-electron chi connectivity index (χ0n) is 11.8. The summed E-state index contributed by atoms with van der Waals surface area (Å²) in [5.74, 6) is -0.739. The molecule has 2 heterocycles. The van der Waals surface area contributed by atoms with Gasteiger partial charge in [-0.15, -0.1) is 0 Å². The van der Waals surface area contributed by atoms with Crippen LogP contribution in [-0.4, -0.2) is 60.8 Å². The minimum absolute atomic E-state index is 0.0253. The first-order chi connectivity index (χ1) is 10.2. The first-order valence-electron chi connectivity index (χ1n) is 7.01. The number of carbonyl (C=O) groups excluding carboxylic acids is 2. The third-order valence-electron chi connectivity index (χ3n) is 3.34. The van der Waals surface area contributed by atoms with Crippen LogP contribution in [0.5, 0.6) is 0 Å². The van der Waals surface area contributed by atoms with Gasteiger partial charge in [-0.3, -0.25) is 19.8 Å². The number of rotatable bonds is 6. The standard InChI is InChI=1S/C14H20N2O5/c17-7-9-20-11-3-5-16(6-4-11)10-13(18)15-14(19)12-2-1-8-21-12/h1-2,8,11,17H,3-7,9-10H2,(H,15,18,19). The van der Waals surface area contributed by atoms with Crippen molar-refractivity contribution in [3.05, 3.63) is 24.2 Å². The summed E-state index contributed by atoms with van der Waals surface area (Å²) >= 11 is 0. The van der Waals surface area contributed by atoms with E-state index in [2.05, 4.69) is 5.32 Å². The van der Waals surface area contributed by atoms with Crippen molar-refractivity contribution in [2.75, 3.05) is 32.8 Å². The van der Waals surface area contributed by atoms with Gasteiger partial charge >= 0.3 is 0 Å².